The number of rotatable bonds is 20. The highest BCUT2D eigenvalue weighted by Gasteiger charge is 2.26. The van der Waals surface area contributed by atoms with Gasteiger partial charge in [0.15, 0.2) is 0 Å². The van der Waals surface area contributed by atoms with Crippen molar-refractivity contribution in [2.45, 2.75) is 145 Å². The SMILES string of the molecule is C=Cc1c2[nH]c(c1C)C=c1[nH]c(c(CCC(=O)O)c1C)=Cc1[nH]c(c(C)c1CCC(=O)O)C(C(C)CCCCCC)=c1[nH]c(c(C)c1C=C)=C2C(C)CCCCCC. The average Bonchev–Trinajstić information content (AvgIpc) is 3.86. The Balaban J connectivity index is 2.02. The van der Waals surface area contributed by atoms with Gasteiger partial charge in [0.1, 0.15) is 0 Å². The molecule has 0 fully saturated rings. The lowest BCUT2D eigenvalue weighted by atomic mass is 9.88. The minimum Gasteiger partial charge on any atom is -0.481 e. The van der Waals surface area contributed by atoms with Crippen molar-refractivity contribution in [3.8, 4) is 0 Å². The second-order valence-electron chi connectivity index (χ2n) is 16.8. The zero-order valence-corrected chi connectivity index (χ0v) is 36.5. The topological polar surface area (TPSA) is 138 Å². The van der Waals surface area contributed by atoms with Gasteiger partial charge >= 0.3 is 11.9 Å². The Morgan fingerprint density at radius 2 is 1.14 bits per heavy atom. The van der Waals surface area contributed by atoms with Gasteiger partial charge in [-0.05, 0) is 111 Å². The highest BCUT2D eigenvalue weighted by Crippen LogP contribution is 2.34. The molecule has 0 amide bonds. The lowest BCUT2D eigenvalue weighted by molar-refractivity contribution is -0.138. The van der Waals surface area contributed by atoms with E-state index in [1.165, 1.54) is 49.7 Å². The number of nitrogens with one attached hydrogen (secondary N) is 4. The molecule has 0 saturated heterocycles. The number of fused-ring (bicyclic) bond motifs is 8. The molecule has 5 rings (SSSR count). The smallest absolute Gasteiger partial charge is 0.303 e. The molecule has 6 N–H and O–H groups in total. The fraction of sp³-hybridized carbons (Fsp3) is 0.480. The van der Waals surface area contributed by atoms with Crippen LogP contribution >= 0.6 is 0 Å². The summed E-state index contributed by atoms with van der Waals surface area (Å²) < 4.78 is 0. The number of carboxylic acids is 2. The number of hydrogen-bond acceptors (Lipinski definition) is 2. The first-order chi connectivity index (χ1) is 27.8. The molecule has 0 saturated carbocycles. The molecular formula is C50H68N4O4. The number of hydrogen-bond donors (Lipinski definition) is 6. The highest BCUT2D eigenvalue weighted by molar-refractivity contribution is 5.80. The van der Waals surface area contributed by atoms with Gasteiger partial charge in [-0.1, -0.05) is 104 Å². The number of aromatic nitrogens is 4. The van der Waals surface area contributed by atoms with Crippen LogP contribution in [0.25, 0.3) is 35.5 Å². The van der Waals surface area contributed by atoms with Crippen LogP contribution in [0.2, 0.25) is 0 Å². The molecule has 1 aliphatic heterocycles. The van der Waals surface area contributed by atoms with Crippen molar-refractivity contribution < 1.29 is 19.8 Å². The fourth-order valence-corrected chi connectivity index (χ4v) is 9.26. The van der Waals surface area contributed by atoms with Gasteiger partial charge in [-0.2, -0.15) is 0 Å². The van der Waals surface area contributed by atoms with Gasteiger partial charge < -0.3 is 30.1 Å². The van der Waals surface area contributed by atoms with Crippen molar-refractivity contribution in [1.29, 1.82) is 0 Å². The molecule has 0 aromatic carbocycles. The summed E-state index contributed by atoms with van der Waals surface area (Å²) >= 11 is 0. The third-order valence-corrected chi connectivity index (χ3v) is 12.7. The maximum atomic E-state index is 12.1. The Kier molecular flexibility index (Phi) is 14.9. The van der Waals surface area contributed by atoms with Gasteiger partial charge in [-0.15, -0.1) is 0 Å². The van der Waals surface area contributed by atoms with Gasteiger partial charge in [0.25, 0.3) is 0 Å². The summed E-state index contributed by atoms with van der Waals surface area (Å²) in [5.74, 6) is -1.32. The van der Waals surface area contributed by atoms with Crippen molar-refractivity contribution in [1.82, 2.24) is 19.9 Å². The Morgan fingerprint density at radius 3 is 1.69 bits per heavy atom. The second-order valence-corrected chi connectivity index (χ2v) is 16.8. The van der Waals surface area contributed by atoms with E-state index in [4.69, 9.17) is 0 Å². The van der Waals surface area contributed by atoms with Crippen LogP contribution in [0.5, 0.6) is 0 Å². The molecule has 4 aromatic heterocycles. The molecule has 5 heterocycles. The summed E-state index contributed by atoms with van der Waals surface area (Å²) in [6, 6.07) is 0. The van der Waals surface area contributed by atoms with Crippen molar-refractivity contribution in [2.24, 2.45) is 11.8 Å². The maximum absolute atomic E-state index is 12.1. The molecule has 8 heteroatoms. The predicted octanol–water partition coefficient (Wildman–Crippen LogP) is 9.14. The molecule has 58 heavy (non-hydrogen) atoms. The zero-order valence-electron chi connectivity index (χ0n) is 36.5. The van der Waals surface area contributed by atoms with Crippen LogP contribution in [0.15, 0.2) is 13.2 Å². The van der Waals surface area contributed by atoms with Crippen molar-refractivity contribution in [3.05, 3.63) is 102 Å². The number of aliphatic carboxylic acids is 2. The molecule has 0 aliphatic carbocycles. The first-order valence-corrected chi connectivity index (χ1v) is 21.8. The largest absolute Gasteiger partial charge is 0.481 e. The van der Waals surface area contributed by atoms with Crippen molar-refractivity contribution in [2.75, 3.05) is 0 Å². The Hall–Kier alpha value is -4.98. The lowest BCUT2D eigenvalue weighted by Crippen LogP contribution is -2.23. The van der Waals surface area contributed by atoms with Gasteiger partial charge in [-0.25, -0.2) is 0 Å². The van der Waals surface area contributed by atoms with Crippen LogP contribution in [0.4, 0.5) is 0 Å². The number of carboxylic acid groups (broad SMARTS) is 2. The van der Waals surface area contributed by atoms with Gasteiger partial charge in [0.2, 0.25) is 0 Å². The minimum atomic E-state index is -0.853. The molecule has 8 nitrogen and oxygen atoms in total. The van der Waals surface area contributed by atoms with E-state index in [0.29, 0.717) is 12.8 Å². The quantitative estimate of drug-likeness (QED) is 0.0498. The van der Waals surface area contributed by atoms with E-state index in [1.807, 2.05) is 12.2 Å². The Labute approximate surface area is 345 Å². The first-order valence-electron chi connectivity index (χ1n) is 21.8. The standard InChI is InChI=1S/C50H68N4O4/c1-11-15-17-19-21-29(5)45-47-34(10)38(24-26-44(57)58)42(53-47)28-41-37(23-25-43(55)56)32(8)39(51-41)27-40-31(7)35(13-3)49(52-40)46(30(6)22-20-18-16-12-2)48-33(9)36(14-4)50(45)54-48/h13-14,27-30,51-54H,3-4,11-12,15-26H2,1-2,5-10H3,(H,55,56)(H,57,58). The second kappa shape index (κ2) is 19.6. The maximum Gasteiger partial charge on any atom is 0.303 e. The van der Waals surface area contributed by atoms with Crippen LogP contribution in [0, 0.1) is 39.5 Å². The van der Waals surface area contributed by atoms with Crippen LogP contribution < -0.4 is 21.4 Å². The summed E-state index contributed by atoms with van der Waals surface area (Å²) in [5.41, 5.74) is 14.6. The van der Waals surface area contributed by atoms with Crippen LogP contribution in [0.3, 0.4) is 0 Å². The molecule has 2 unspecified atom stereocenters. The van der Waals surface area contributed by atoms with Gasteiger partial charge in [0, 0.05) is 68.2 Å². The van der Waals surface area contributed by atoms with Crippen LogP contribution in [0.1, 0.15) is 172 Å². The third-order valence-electron chi connectivity index (χ3n) is 12.7. The molecule has 4 aromatic rings. The number of carbonyl (C=O) groups is 2. The van der Waals surface area contributed by atoms with E-state index in [1.54, 1.807) is 0 Å². The lowest BCUT2D eigenvalue weighted by Gasteiger charge is -2.17. The summed E-state index contributed by atoms with van der Waals surface area (Å²) in [4.78, 5) is 39.5. The summed E-state index contributed by atoms with van der Waals surface area (Å²) in [6.07, 6.45) is 20.3. The number of aromatic amines is 4. The van der Waals surface area contributed by atoms with E-state index < -0.39 is 11.9 Å². The normalized spacial score (nSPS) is 13.6. The number of unbranched alkanes of at least 4 members (excludes halogenated alkanes) is 6. The molecule has 0 radical (unpaired) electrons. The first kappa shape index (κ1) is 44.1. The molecule has 312 valence electrons. The molecule has 8 bridgehead atoms. The highest BCUT2D eigenvalue weighted by atomic mass is 16.4. The van der Waals surface area contributed by atoms with E-state index in [9.17, 15) is 19.8 Å². The minimum absolute atomic E-state index is 0.00644. The summed E-state index contributed by atoms with van der Waals surface area (Å²) in [6.45, 7) is 26.4. The fourth-order valence-electron chi connectivity index (χ4n) is 9.26. The monoisotopic (exact) mass is 789 g/mol. The molecule has 2 atom stereocenters. The molecule has 0 spiro atoms. The number of H-pyrrole nitrogens is 4. The predicted molar refractivity (Wildman–Crippen MR) is 241 cm³/mol. The third kappa shape index (κ3) is 9.32. The van der Waals surface area contributed by atoms with Gasteiger partial charge in [-0.3, -0.25) is 9.59 Å². The average molecular weight is 789 g/mol. The van der Waals surface area contributed by atoms with E-state index in [0.717, 1.165) is 114 Å². The Morgan fingerprint density at radius 1 is 0.603 bits per heavy atom. The van der Waals surface area contributed by atoms with E-state index in [2.05, 4.69) is 101 Å². The van der Waals surface area contributed by atoms with E-state index >= 15 is 0 Å². The summed E-state index contributed by atoms with van der Waals surface area (Å²) in [5, 5.41) is 23.6. The Bertz CT molecular complexity index is 2410. The zero-order chi connectivity index (χ0) is 42.3. The van der Waals surface area contributed by atoms with Crippen molar-refractivity contribution >= 4 is 47.4 Å². The van der Waals surface area contributed by atoms with Crippen molar-refractivity contribution in [3.63, 3.8) is 0 Å². The van der Waals surface area contributed by atoms with Crippen LogP contribution in [-0.4, -0.2) is 42.1 Å². The van der Waals surface area contributed by atoms with Gasteiger partial charge in [0.05, 0.1) is 11.0 Å². The van der Waals surface area contributed by atoms with E-state index in [-0.39, 0.29) is 24.7 Å². The summed E-state index contributed by atoms with van der Waals surface area (Å²) in [7, 11) is 0. The van der Waals surface area contributed by atoms with Crippen LogP contribution in [-0.2, 0) is 22.4 Å². The molecular weight excluding hydrogens is 721 g/mol. The molecule has 1 aliphatic rings.